The smallest absolute Gasteiger partial charge is 0.475 e. The Morgan fingerprint density at radius 1 is 0.974 bits per heavy atom. The number of alkyl halides is 3. The number of rotatable bonds is 9. The molecule has 0 bridgehead atoms. The van der Waals surface area contributed by atoms with Crippen molar-refractivity contribution in [1.29, 1.82) is 0 Å². The van der Waals surface area contributed by atoms with Crippen LogP contribution < -0.4 is 5.32 Å². The maximum Gasteiger partial charge on any atom is 0.490 e. The van der Waals surface area contributed by atoms with Crippen LogP contribution in [0.3, 0.4) is 0 Å². The molecule has 1 saturated heterocycles. The summed E-state index contributed by atoms with van der Waals surface area (Å²) in [5.74, 6) is -2.42. The predicted molar refractivity (Wildman–Crippen MR) is 142 cm³/mol. The van der Waals surface area contributed by atoms with Crippen LogP contribution in [0, 0.1) is 5.92 Å². The Morgan fingerprint density at radius 3 is 1.92 bits per heavy atom. The van der Waals surface area contributed by atoms with Crippen LogP contribution in [0.5, 0.6) is 0 Å². The van der Waals surface area contributed by atoms with E-state index in [1.807, 2.05) is 36.4 Å². The SMILES string of the molecule is CCc1ccc(CN(CC(=O)N2CCNCC2)S(=O)(=O)c2ccc(CC(C)C)cc2)cc1.O=C(O)C(F)(F)F. The van der Waals surface area contributed by atoms with Gasteiger partial charge in [-0.15, -0.1) is 0 Å². The number of carboxylic acids is 1. The highest BCUT2D eigenvalue weighted by atomic mass is 32.2. The van der Waals surface area contributed by atoms with Crippen molar-refractivity contribution in [3.63, 3.8) is 0 Å². The zero-order valence-electron chi connectivity index (χ0n) is 22.4. The van der Waals surface area contributed by atoms with Crippen molar-refractivity contribution in [3.8, 4) is 0 Å². The first-order valence-corrected chi connectivity index (χ1v) is 14.1. The summed E-state index contributed by atoms with van der Waals surface area (Å²) in [5, 5.41) is 10.3. The first-order valence-electron chi connectivity index (χ1n) is 12.7. The summed E-state index contributed by atoms with van der Waals surface area (Å²) in [5.41, 5.74) is 3.17. The molecule has 0 radical (unpaired) electrons. The van der Waals surface area contributed by atoms with Crippen molar-refractivity contribution >= 4 is 21.9 Å². The molecule has 0 saturated carbocycles. The van der Waals surface area contributed by atoms with Gasteiger partial charge in [-0.2, -0.15) is 17.5 Å². The Hall–Kier alpha value is -2.96. The van der Waals surface area contributed by atoms with Crippen molar-refractivity contribution in [1.82, 2.24) is 14.5 Å². The van der Waals surface area contributed by atoms with E-state index >= 15 is 0 Å². The van der Waals surface area contributed by atoms with Crippen LogP contribution in [0.1, 0.15) is 37.5 Å². The normalized spacial score (nSPS) is 14.2. The molecule has 3 rings (SSSR count). The Labute approximate surface area is 227 Å². The number of benzene rings is 2. The number of carbonyl (C=O) groups excluding carboxylic acids is 1. The largest absolute Gasteiger partial charge is 0.490 e. The van der Waals surface area contributed by atoms with E-state index in [-0.39, 0.29) is 23.9 Å². The second kappa shape index (κ2) is 14.4. The van der Waals surface area contributed by atoms with Gasteiger partial charge in [0.15, 0.2) is 0 Å². The Bertz CT molecular complexity index is 1180. The first kappa shape index (κ1) is 32.3. The molecular weight excluding hydrogens is 535 g/mol. The van der Waals surface area contributed by atoms with Crippen molar-refractivity contribution < 1.29 is 36.3 Å². The Balaban J connectivity index is 0.000000673. The van der Waals surface area contributed by atoms with Crippen LogP contribution >= 0.6 is 0 Å². The molecule has 8 nitrogen and oxygen atoms in total. The topological polar surface area (TPSA) is 107 Å². The summed E-state index contributed by atoms with van der Waals surface area (Å²) in [6.45, 7) is 9.02. The van der Waals surface area contributed by atoms with E-state index in [0.717, 1.165) is 37.1 Å². The third-order valence-electron chi connectivity index (χ3n) is 6.02. The van der Waals surface area contributed by atoms with Crippen molar-refractivity contribution in [2.45, 2.75) is 51.2 Å². The lowest BCUT2D eigenvalue weighted by atomic mass is 10.0. The number of piperazine rings is 1. The van der Waals surface area contributed by atoms with Crippen LogP contribution in [-0.2, 0) is 39.0 Å². The van der Waals surface area contributed by atoms with Crippen molar-refractivity contribution in [3.05, 3.63) is 65.2 Å². The van der Waals surface area contributed by atoms with Crippen LogP contribution in [0.2, 0.25) is 0 Å². The van der Waals surface area contributed by atoms with E-state index in [9.17, 15) is 26.4 Å². The lowest BCUT2D eigenvalue weighted by molar-refractivity contribution is -0.192. The summed E-state index contributed by atoms with van der Waals surface area (Å²) in [6.07, 6.45) is -3.26. The average molecular weight is 572 g/mol. The number of aliphatic carboxylic acids is 1. The fourth-order valence-electron chi connectivity index (χ4n) is 3.89. The highest BCUT2D eigenvalue weighted by molar-refractivity contribution is 7.89. The molecule has 39 heavy (non-hydrogen) atoms. The molecule has 216 valence electrons. The average Bonchev–Trinajstić information content (AvgIpc) is 2.89. The van der Waals surface area contributed by atoms with Gasteiger partial charge in [0.2, 0.25) is 15.9 Å². The molecule has 1 fully saturated rings. The lowest BCUT2D eigenvalue weighted by Crippen LogP contribution is -2.50. The van der Waals surface area contributed by atoms with Crippen molar-refractivity contribution in [2.75, 3.05) is 32.7 Å². The molecule has 0 unspecified atom stereocenters. The molecule has 1 amide bonds. The zero-order valence-corrected chi connectivity index (χ0v) is 23.2. The minimum Gasteiger partial charge on any atom is -0.475 e. The highest BCUT2D eigenvalue weighted by Gasteiger charge is 2.38. The molecule has 0 aromatic heterocycles. The van der Waals surface area contributed by atoms with Gasteiger partial charge in [0, 0.05) is 32.7 Å². The van der Waals surface area contributed by atoms with Crippen molar-refractivity contribution in [2.24, 2.45) is 5.92 Å². The van der Waals surface area contributed by atoms with Crippen LogP contribution in [0.15, 0.2) is 53.4 Å². The van der Waals surface area contributed by atoms with E-state index in [2.05, 4.69) is 26.1 Å². The number of sulfonamides is 1. The number of halogens is 3. The van der Waals surface area contributed by atoms with Gasteiger partial charge in [0.25, 0.3) is 0 Å². The Kier molecular flexibility index (Phi) is 11.9. The fraction of sp³-hybridized carbons (Fsp3) is 0.481. The third-order valence-corrected chi connectivity index (χ3v) is 7.82. The van der Waals surface area contributed by atoms with Gasteiger partial charge < -0.3 is 15.3 Å². The quantitative estimate of drug-likeness (QED) is 0.476. The van der Waals surface area contributed by atoms with E-state index in [1.54, 1.807) is 17.0 Å². The molecule has 2 aromatic carbocycles. The number of amides is 1. The van der Waals surface area contributed by atoms with Crippen LogP contribution in [-0.4, -0.2) is 73.5 Å². The first-order chi connectivity index (χ1) is 18.2. The van der Waals surface area contributed by atoms with Crippen LogP contribution in [0.4, 0.5) is 13.2 Å². The zero-order chi connectivity index (χ0) is 29.2. The van der Waals surface area contributed by atoms with E-state index in [1.165, 1.54) is 9.87 Å². The molecule has 1 aliphatic heterocycles. The lowest BCUT2D eigenvalue weighted by Gasteiger charge is -2.30. The molecule has 0 spiro atoms. The molecular formula is C27H36F3N3O5S. The summed E-state index contributed by atoms with van der Waals surface area (Å²) < 4.78 is 60.2. The minimum atomic E-state index is -5.08. The van der Waals surface area contributed by atoms with E-state index in [4.69, 9.17) is 9.90 Å². The van der Waals surface area contributed by atoms with Crippen LogP contribution in [0.25, 0.3) is 0 Å². The number of nitrogens with zero attached hydrogens (tertiary/aromatic N) is 2. The van der Waals surface area contributed by atoms with Gasteiger partial charge in [-0.05, 0) is 47.6 Å². The molecule has 12 heteroatoms. The number of hydrogen-bond donors (Lipinski definition) is 2. The van der Waals surface area contributed by atoms with Gasteiger partial charge in [-0.1, -0.05) is 57.2 Å². The predicted octanol–water partition coefficient (Wildman–Crippen LogP) is 3.70. The molecule has 1 heterocycles. The number of nitrogens with one attached hydrogen (secondary N) is 1. The molecule has 2 N–H and O–H groups in total. The molecule has 2 aromatic rings. The van der Waals surface area contributed by atoms with E-state index in [0.29, 0.717) is 19.0 Å². The number of hydrogen-bond acceptors (Lipinski definition) is 5. The van der Waals surface area contributed by atoms with Gasteiger partial charge in [0.1, 0.15) is 0 Å². The molecule has 0 atom stereocenters. The highest BCUT2D eigenvalue weighted by Crippen LogP contribution is 2.21. The standard InChI is InChI=1S/C25H35N3O3S.C2HF3O2/c1-4-21-5-7-23(8-6-21)18-28(19-25(29)27-15-13-26-14-16-27)32(30,31)24-11-9-22(10-12-24)17-20(2)3;3-2(4,5)1(6)7/h5-12,20,26H,4,13-19H2,1-3H3;(H,6,7). The fourth-order valence-corrected chi connectivity index (χ4v) is 5.27. The monoisotopic (exact) mass is 571 g/mol. The Morgan fingerprint density at radius 2 is 1.46 bits per heavy atom. The minimum absolute atomic E-state index is 0.156. The summed E-state index contributed by atoms with van der Waals surface area (Å²) in [7, 11) is -3.82. The number of carbonyl (C=O) groups is 2. The summed E-state index contributed by atoms with van der Waals surface area (Å²) in [6, 6.07) is 15.0. The summed E-state index contributed by atoms with van der Waals surface area (Å²) in [4.78, 5) is 23.8. The maximum absolute atomic E-state index is 13.6. The second-order valence-corrected chi connectivity index (χ2v) is 11.6. The summed E-state index contributed by atoms with van der Waals surface area (Å²) >= 11 is 0. The van der Waals surface area contributed by atoms with Gasteiger partial charge >= 0.3 is 12.1 Å². The van der Waals surface area contributed by atoms with Gasteiger partial charge in [0.05, 0.1) is 11.4 Å². The third kappa shape index (κ3) is 10.3. The number of carboxylic acid groups (broad SMARTS) is 1. The second-order valence-electron chi connectivity index (χ2n) is 9.62. The molecule has 0 aliphatic carbocycles. The van der Waals surface area contributed by atoms with Gasteiger partial charge in [-0.25, -0.2) is 13.2 Å². The molecule has 1 aliphatic rings. The van der Waals surface area contributed by atoms with Gasteiger partial charge in [-0.3, -0.25) is 4.79 Å². The maximum atomic E-state index is 13.6. The van der Waals surface area contributed by atoms with E-state index < -0.39 is 22.2 Å². The number of aryl methyl sites for hydroxylation is 1.